The molecule has 0 spiro atoms. The van der Waals surface area contributed by atoms with Gasteiger partial charge < -0.3 is 9.27 Å². The maximum atomic E-state index is 10.4. The Bertz CT molecular complexity index is 325. The van der Waals surface area contributed by atoms with Gasteiger partial charge in [0.15, 0.2) is 0 Å². The van der Waals surface area contributed by atoms with Crippen LogP contribution in [0.25, 0.3) is 0 Å². The van der Waals surface area contributed by atoms with E-state index in [0.717, 1.165) is 17.5 Å². The lowest BCUT2D eigenvalue weighted by molar-refractivity contribution is 0.542. The Labute approximate surface area is 80.6 Å². The summed E-state index contributed by atoms with van der Waals surface area (Å²) in [6, 6.07) is 5.68. The minimum absolute atomic E-state index is 0.630. The monoisotopic (exact) mass is 198 g/mol. The quantitative estimate of drug-likeness (QED) is 0.752. The minimum atomic E-state index is -2.24. The SMILES string of the molecule is CCc1cc(C)cc(NS(=O)[O-])c1. The molecule has 0 aromatic heterocycles. The van der Waals surface area contributed by atoms with Crippen LogP contribution in [0.1, 0.15) is 18.1 Å². The van der Waals surface area contributed by atoms with Crippen LogP contribution in [0, 0.1) is 6.92 Å². The fraction of sp³-hybridized carbons (Fsp3) is 0.333. The van der Waals surface area contributed by atoms with Crippen LogP contribution in [0.3, 0.4) is 0 Å². The smallest absolute Gasteiger partial charge is 0.0457 e. The Kier molecular flexibility index (Phi) is 3.45. The molecule has 0 fully saturated rings. The van der Waals surface area contributed by atoms with Gasteiger partial charge in [-0.1, -0.05) is 13.0 Å². The zero-order valence-electron chi connectivity index (χ0n) is 7.66. The Morgan fingerprint density at radius 2 is 2.15 bits per heavy atom. The normalized spacial score (nSPS) is 12.5. The van der Waals surface area contributed by atoms with E-state index in [2.05, 4.69) is 4.72 Å². The van der Waals surface area contributed by atoms with Crippen LogP contribution in [-0.4, -0.2) is 8.76 Å². The lowest BCUT2D eigenvalue weighted by atomic mass is 10.1. The molecule has 1 atom stereocenters. The van der Waals surface area contributed by atoms with Crippen molar-refractivity contribution in [3.8, 4) is 0 Å². The van der Waals surface area contributed by atoms with Crippen molar-refractivity contribution < 1.29 is 8.76 Å². The van der Waals surface area contributed by atoms with Gasteiger partial charge in [0.05, 0.1) is 0 Å². The Hall–Kier alpha value is -0.870. The van der Waals surface area contributed by atoms with Crippen molar-refractivity contribution in [2.24, 2.45) is 0 Å². The van der Waals surface area contributed by atoms with Gasteiger partial charge in [0.1, 0.15) is 0 Å². The molecule has 0 radical (unpaired) electrons. The lowest BCUT2D eigenvalue weighted by Crippen LogP contribution is -2.02. The van der Waals surface area contributed by atoms with E-state index in [1.807, 2.05) is 26.0 Å². The van der Waals surface area contributed by atoms with Gasteiger partial charge in [-0.3, -0.25) is 4.21 Å². The van der Waals surface area contributed by atoms with Gasteiger partial charge in [-0.25, -0.2) is 0 Å². The van der Waals surface area contributed by atoms with Crippen molar-refractivity contribution in [1.29, 1.82) is 0 Å². The maximum absolute atomic E-state index is 10.4. The molecular formula is C9H12NO2S-. The molecule has 0 heterocycles. The first kappa shape index (κ1) is 10.2. The highest BCUT2D eigenvalue weighted by molar-refractivity contribution is 7.80. The molecule has 13 heavy (non-hydrogen) atoms. The molecule has 0 aliphatic heterocycles. The van der Waals surface area contributed by atoms with Crippen LogP contribution in [0.2, 0.25) is 0 Å². The molecule has 1 aromatic rings. The van der Waals surface area contributed by atoms with Crippen molar-refractivity contribution >= 4 is 17.0 Å². The molecule has 0 amide bonds. The summed E-state index contributed by atoms with van der Waals surface area (Å²) in [5, 5.41) is 0. The first-order valence-corrected chi connectivity index (χ1v) is 5.16. The molecule has 1 unspecified atom stereocenters. The molecule has 0 bridgehead atoms. The van der Waals surface area contributed by atoms with Crippen molar-refractivity contribution in [2.75, 3.05) is 4.72 Å². The molecule has 1 aromatic carbocycles. The Morgan fingerprint density at radius 1 is 1.46 bits per heavy atom. The van der Waals surface area contributed by atoms with Crippen molar-refractivity contribution in [1.82, 2.24) is 0 Å². The third-order valence-electron chi connectivity index (χ3n) is 1.75. The number of aryl methyl sites for hydroxylation is 2. The summed E-state index contributed by atoms with van der Waals surface area (Å²) in [5.41, 5.74) is 2.82. The number of anilines is 1. The summed E-state index contributed by atoms with van der Waals surface area (Å²) >= 11 is -2.24. The fourth-order valence-electron chi connectivity index (χ4n) is 1.22. The molecule has 0 aliphatic rings. The van der Waals surface area contributed by atoms with Crippen molar-refractivity contribution in [3.05, 3.63) is 29.3 Å². The highest BCUT2D eigenvalue weighted by atomic mass is 32.2. The van der Waals surface area contributed by atoms with Gasteiger partial charge in [0.2, 0.25) is 0 Å². The van der Waals surface area contributed by atoms with Crippen molar-refractivity contribution in [3.63, 3.8) is 0 Å². The third kappa shape index (κ3) is 3.16. The van der Waals surface area contributed by atoms with Gasteiger partial charge in [0, 0.05) is 17.0 Å². The molecular weight excluding hydrogens is 186 g/mol. The van der Waals surface area contributed by atoms with Crippen LogP contribution in [-0.2, 0) is 17.7 Å². The van der Waals surface area contributed by atoms with E-state index in [0.29, 0.717) is 5.69 Å². The molecule has 1 N–H and O–H groups in total. The van der Waals surface area contributed by atoms with Crippen LogP contribution < -0.4 is 4.72 Å². The van der Waals surface area contributed by atoms with Crippen LogP contribution >= 0.6 is 0 Å². The average Bonchev–Trinajstić information content (AvgIpc) is 2.01. The molecule has 4 heteroatoms. The summed E-state index contributed by atoms with van der Waals surface area (Å²) < 4.78 is 23.1. The summed E-state index contributed by atoms with van der Waals surface area (Å²) in [4.78, 5) is 0. The predicted octanol–water partition coefficient (Wildman–Crippen LogP) is 1.76. The Balaban J connectivity index is 2.94. The van der Waals surface area contributed by atoms with Gasteiger partial charge in [-0.15, -0.1) is 0 Å². The zero-order chi connectivity index (χ0) is 9.84. The molecule has 0 aliphatic carbocycles. The summed E-state index contributed by atoms with van der Waals surface area (Å²) in [5.74, 6) is 0. The highest BCUT2D eigenvalue weighted by Gasteiger charge is 1.96. The molecule has 3 nitrogen and oxygen atoms in total. The largest absolute Gasteiger partial charge is 0.755 e. The summed E-state index contributed by atoms with van der Waals surface area (Å²) in [6.07, 6.45) is 0.905. The predicted molar refractivity (Wildman–Crippen MR) is 53.1 cm³/mol. The number of benzene rings is 1. The summed E-state index contributed by atoms with van der Waals surface area (Å²) in [6.45, 7) is 3.98. The second-order valence-electron chi connectivity index (χ2n) is 2.90. The third-order valence-corrected chi connectivity index (χ3v) is 2.15. The van der Waals surface area contributed by atoms with Gasteiger partial charge in [0.25, 0.3) is 0 Å². The first-order chi connectivity index (χ1) is 6.11. The zero-order valence-corrected chi connectivity index (χ0v) is 8.48. The molecule has 72 valence electrons. The number of hydrogen-bond acceptors (Lipinski definition) is 2. The van der Waals surface area contributed by atoms with Crippen molar-refractivity contribution in [2.45, 2.75) is 20.3 Å². The second-order valence-corrected chi connectivity index (χ2v) is 3.57. The summed E-state index contributed by atoms with van der Waals surface area (Å²) in [7, 11) is 0. The highest BCUT2D eigenvalue weighted by Crippen LogP contribution is 2.15. The van der Waals surface area contributed by atoms with E-state index >= 15 is 0 Å². The minimum Gasteiger partial charge on any atom is -0.755 e. The fourth-order valence-corrected chi connectivity index (χ4v) is 1.53. The van der Waals surface area contributed by atoms with Gasteiger partial charge in [-0.2, -0.15) is 0 Å². The van der Waals surface area contributed by atoms with Crippen LogP contribution in [0.5, 0.6) is 0 Å². The van der Waals surface area contributed by atoms with E-state index in [1.54, 1.807) is 6.07 Å². The topological polar surface area (TPSA) is 52.2 Å². The van der Waals surface area contributed by atoms with E-state index < -0.39 is 11.3 Å². The van der Waals surface area contributed by atoms with Gasteiger partial charge in [-0.05, 0) is 36.6 Å². The van der Waals surface area contributed by atoms with E-state index in [4.69, 9.17) is 0 Å². The maximum Gasteiger partial charge on any atom is 0.0457 e. The first-order valence-electron chi connectivity index (χ1n) is 4.08. The molecule has 1 rings (SSSR count). The van der Waals surface area contributed by atoms with E-state index in [9.17, 15) is 8.76 Å². The van der Waals surface area contributed by atoms with Crippen LogP contribution in [0.15, 0.2) is 18.2 Å². The van der Waals surface area contributed by atoms with E-state index in [1.165, 1.54) is 0 Å². The number of hydrogen-bond donors (Lipinski definition) is 1. The molecule has 0 saturated heterocycles. The average molecular weight is 198 g/mol. The number of nitrogens with one attached hydrogen (secondary N) is 1. The Morgan fingerprint density at radius 3 is 2.69 bits per heavy atom. The van der Waals surface area contributed by atoms with E-state index in [-0.39, 0.29) is 0 Å². The lowest BCUT2D eigenvalue weighted by Gasteiger charge is -2.10. The second kappa shape index (κ2) is 4.39. The van der Waals surface area contributed by atoms with Crippen LogP contribution in [0.4, 0.5) is 5.69 Å². The molecule has 0 saturated carbocycles. The number of rotatable bonds is 3. The van der Waals surface area contributed by atoms with Gasteiger partial charge >= 0.3 is 0 Å². The standard InChI is InChI=1S/C9H13NO2S/c1-3-8-4-7(2)5-9(6-8)10-13(11)12/h4-6,10H,3H2,1-2H3,(H,11,12)/p-1.